The predicted molar refractivity (Wildman–Crippen MR) is 89.2 cm³/mol. The number of halogens is 3. The van der Waals surface area contributed by atoms with E-state index in [2.05, 4.69) is 17.5 Å². The van der Waals surface area contributed by atoms with Crippen LogP contribution in [0, 0.1) is 11.7 Å². The Labute approximate surface area is 138 Å². The summed E-state index contributed by atoms with van der Waals surface area (Å²) in [6, 6.07) is 10.9. The van der Waals surface area contributed by atoms with Crippen molar-refractivity contribution in [3.05, 3.63) is 75.5 Å². The lowest BCUT2D eigenvalue weighted by Crippen LogP contribution is -2.29. The number of allylic oxidation sites excluding steroid dienone is 2. The predicted octanol–water partition coefficient (Wildman–Crippen LogP) is 5.96. The fourth-order valence-electron chi connectivity index (χ4n) is 3.62. The van der Waals surface area contributed by atoms with Gasteiger partial charge in [-0.15, -0.1) is 0 Å². The molecule has 1 nitrogen and oxygen atoms in total. The van der Waals surface area contributed by atoms with Gasteiger partial charge in [0.2, 0.25) is 0 Å². The molecule has 0 bridgehead atoms. The molecule has 1 N–H and O–H groups in total. The van der Waals surface area contributed by atoms with Gasteiger partial charge in [0.1, 0.15) is 5.82 Å². The molecule has 1 aliphatic carbocycles. The van der Waals surface area contributed by atoms with Crippen LogP contribution in [0.3, 0.4) is 0 Å². The second-order valence-electron chi connectivity index (χ2n) is 5.85. The van der Waals surface area contributed by atoms with E-state index < -0.39 is 0 Å². The maximum Gasteiger partial charge on any atom is 0.146 e. The molecule has 0 amide bonds. The maximum absolute atomic E-state index is 14.2. The number of para-hydroxylation sites is 1. The first kappa shape index (κ1) is 14.1. The number of hydrogen-bond acceptors (Lipinski definition) is 1. The van der Waals surface area contributed by atoms with Crippen LogP contribution < -0.4 is 5.32 Å². The van der Waals surface area contributed by atoms with Gasteiger partial charge in [0, 0.05) is 5.92 Å². The number of anilines is 1. The number of hydrogen-bond donors (Lipinski definition) is 1. The van der Waals surface area contributed by atoms with Gasteiger partial charge >= 0.3 is 0 Å². The molecule has 0 radical (unpaired) electrons. The van der Waals surface area contributed by atoms with Crippen LogP contribution in [0.1, 0.15) is 29.5 Å². The summed E-state index contributed by atoms with van der Waals surface area (Å²) in [6.45, 7) is 0. The Morgan fingerprint density at radius 2 is 1.95 bits per heavy atom. The molecule has 22 heavy (non-hydrogen) atoms. The van der Waals surface area contributed by atoms with E-state index in [0.29, 0.717) is 21.7 Å². The first-order chi connectivity index (χ1) is 10.6. The summed E-state index contributed by atoms with van der Waals surface area (Å²) < 4.78 is 14.2. The Kier molecular flexibility index (Phi) is 3.39. The van der Waals surface area contributed by atoms with Crippen LogP contribution in [0.4, 0.5) is 10.1 Å². The van der Waals surface area contributed by atoms with E-state index in [9.17, 15) is 4.39 Å². The fourth-order valence-corrected chi connectivity index (χ4v) is 3.93. The van der Waals surface area contributed by atoms with Gasteiger partial charge in [-0.1, -0.05) is 53.6 Å². The lowest BCUT2D eigenvalue weighted by Gasteiger charge is -2.37. The number of rotatable bonds is 1. The second kappa shape index (κ2) is 5.29. The average molecular weight is 334 g/mol. The Bertz CT molecular complexity index is 772. The minimum Gasteiger partial charge on any atom is -0.375 e. The molecule has 1 aliphatic heterocycles. The molecule has 0 saturated carbocycles. The zero-order valence-corrected chi connectivity index (χ0v) is 13.2. The van der Waals surface area contributed by atoms with E-state index in [-0.39, 0.29) is 17.8 Å². The molecule has 3 atom stereocenters. The molecule has 112 valence electrons. The van der Waals surface area contributed by atoms with Gasteiger partial charge in [-0.25, -0.2) is 4.39 Å². The Balaban J connectivity index is 1.82. The molecule has 0 unspecified atom stereocenters. The quantitative estimate of drug-likeness (QED) is 0.635. The molecule has 1 heterocycles. The molecule has 0 spiro atoms. The lowest BCUT2D eigenvalue weighted by atomic mass is 9.77. The highest BCUT2D eigenvalue weighted by molar-refractivity contribution is 6.42. The highest BCUT2D eigenvalue weighted by Gasteiger charge is 2.38. The first-order valence-corrected chi connectivity index (χ1v) is 8.07. The number of fused-ring (bicyclic) bond motifs is 3. The minimum absolute atomic E-state index is 0.0270. The van der Waals surface area contributed by atoms with Gasteiger partial charge in [-0.2, -0.15) is 0 Å². The summed E-state index contributed by atoms with van der Waals surface area (Å²) in [5, 5.41) is 4.45. The van der Waals surface area contributed by atoms with Crippen molar-refractivity contribution in [2.45, 2.75) is 18.4 Å². The Morgan fingerprint density at radius 3 is 2.77 bits per heavy atom. The van der Waals surface area contributed by atoms with Crippen LogP contribution in [0.15, 0.2) is 48.6 Å². The van der Waals surface area contributed by atoms with Crippen LogP contribution in [-0.4, -0.2) is 0 Å². The molecular weight excluding hydrogens is 320 g/mol. The molecular formula is C18H14Cl2FN. The molecule has 2 aromatic carbocycles. The molecule has 2 aromatic rings. The second-order valence-corrected chi connectivity index (χ2v) is 6.67. The zero-order chi connectivity index (χ0) is 15.3. The third-order valence-corrected chi connectivity index (χ3v) is 5.39. The highest BCUT2D eigenvalue weighted by Crippen LogP contribution is 2.50. The molecule has 2 aliphatic rings. The number of nitrogens with one attached hydrogen (secondary N) is 1. The molecule has 0 saturated heterocycles. The van der Waals surface area contributed by atoms with Crippen LogP contribution >= 0.6 is 23.2 Å². The van der Waals surface area contributed by atoms with Crippen LogP contribution in [0.2, 0.25) is 10.0 Å². The summed E-state index contributed by atoms with van der Waals surface area (Å²) in [5.74, 6) is 0.402. The monoisotopic (exact) mass is 333 g/mol. The SMILES string of the molecule is Fc1cccc2c1N[C@H](c1ccc(Cl)c(Cl)c1)[C@H]1CC=C[C@@H]21. The van der Waals surface area contributed by atoms with Crippen molar-refractivity contribution in [3.8, 4) is 0 Å². The van der Waals surface area contributed by atoms with E-state index in [1.807, 2.05) is 18.2 Å². The third kappa shape index (κ3) is 2.13. The summed E-state index contributed by atoms with van der Waals surface area (Å²) >= 11 is 12.2. The van der Waals surface area contributed by atoms with Crippen LogP contribution in [-0.2, 0) is 0 Å². The van der Waals surface area contributed by atoms with Gasteiger partial charge in [0.15, 0.2) is 0 Å². The van der Waals surface area contributed by atoms with Gasteiger partial charge in [-0.3, -0.25) is 0 Å². The van der Waals surface area contributed by atoms with E-state index in [4.69, 9.17) is 23.2 Å². The smallest absolute Gasteiger partial charge is 0.146 e. The van der Waals surface area contributed by atoms with Crippen molar-refractivity contribution >= 4 is 28.9 Å². The molecule has 0 aromatic heterocycles. The maximum atomic E-state index is 14.2. The average Bonchev–Trinajstić information content (AvgIpc) is 3.00. The fraction of sp³-hybridized carbons (Fsp3) is 0.222. The molecule has 4 rings (SSSR count). The topological polar surface area (TPSA) is 12.0 Å². The summed E-state index contributed by atoms with van der Waals surface area (Å²) in [4.78, 5) is 0. The van der Waals surface area contributed by atoms with E-state index in [0.717, 1.165) is 17.5 Å². The lowest BCUT2D eigenvalue weighted by molar-refractivity contribution is 0.421. The van der Waals surface area contributed by atoms with Crippen molar-refractivity contribution in [3.63, 3.8) is 0 Å². The first-order valence-electron chi connectivity index (χ1n) is 7.31. The normalized spacial score (nSPS) is 25.5. The highest BCUT2D eigenvalue weighted by atomic mass is 35.5. The zero-order valence-electron chi connectivity index (χ0n) is 11.7. The summed E-state index contributed by atoms with van der Waals surface area (Å²) in [6.07, 6.45) is 5.34. The molecule has 0 fully saturated rings. The van der Waals surface area contributed by atoms with E-state index in [1.165, 1.54) is 6.07 Å². The number of benzene rings is 2. The Hall–Kier alpha value is -1.51. The van der Waals surface area contributed by atoms with Crippen molar-refractivity contribution < 1.29 is 4.39 Å². The van der Waals surface area contributed by atoms with Gasteiger partial charge in [0.25, 0.3) is 0 Å². The van der Waals surface area contributed by atoms with Gasteiger partial charge < -0.3 is 5.32 Å². The largest absolute Gasteiger partial charge is 0.375 e. The Morgan fingerprint density at radius 1 is 1.09 bits per heavy atom. The van der Waals surface area contributed by atoms with E-state index >= 15 is 0 Å². The third-order valence-electron chi connectivity index (χ3n) is 4.65. The summed E-state index contributed by atoms with van der Waals surface area (Å²) in [5.41, 5.74) is 2.68. The van der Waals surface area contributed by atoms with Crippen molar-refractivity contribution in [2.75, 3.05) is 5.32 Å². The standard InChI is InChI=1S/C18H14Cl2FN/c19-14-8-7-10(9-15(14)20)17-12-4-1-3-11(12)13-5-2-6-16(21)18(13)22-17/h1-3,5-9,11-12,17,22H,4H2/t11-,12+,17-/m1/s1. The van der Waals surface area contributed by atoms with Crippen LogP contribution in [0.5, 0.6) is 0 Å². The van der Waals surface area contributed by atoms with Crippen molar-refractivity contribution in [1.82, 2.24) is 0 Å². The van der Waals surface area contributed by atoms with Gasteiger partial charge in [-0.05, 0) is 41.7 Å². The van der Waals surface area contributed by atoms with E-state index in [1.54, 1.807) is 12.1 Å². The van der Waals surface area contributed by atoms with Crippen LogP contribution in [0.25, 0.3) is 0 Å². The van der Waals surface area contributed by atoms with Crippen molar-refractivity contribution in [1.29, 1.82) is 0 Å². The summed E-state index contributed by atoms with van der Waals surface area (Å²) in [7, 11) is 0. The minimum atomic E-state index is -0.207. The molecule has 4 heteroatoms. The van der Waals surface area contributed by atoms with Crippen molar-refractivity contribution in [2.24, 2.45) is 5.92 Å². The van der Waals surface area contributed by atoms with Gasteiger partial charge in [0.05, 0.1) is 21.8 Å².